The van der Waals surface area contributed by atoms with E-state index in [4.69, 9.17) is 4.74 Å². The van der Waals surface area contributed by atoms with Crippen LogP contribution < -0.4 is 5.32 Å². The molecule has 1 unspecified atom stereocenters. The molecule has 1 aliphatic rings. The molecule has 17 heavy (non-hydrogen) atoms. The van der Waals surface area contributed by atoms with Gasteiger partial charge in [0.05, 0.1) is 18.3 Å². The third kappa shape index (κ3) is 3.22. The summed E-state index contributed by atoms with van der Waals surface area (Å²) < 4.78 is 7.57. The van der Waals surface area contributed by atoms with Crippen molar-refractivity contribution in [2.75, 3.05) is 19.0 Å². The number of methoxy groups -OCH3 is 1. The van der Waals surface area contributed by atoms with Crippen LogP contribution in [0.15, 0.2) is 6.20 Å². The van der Waals surface area contributed by atoms with Gasteiger partial charge in [-0.15, -0.1) is 0 Å². The number of imidazole rings is 1. The predicted octanol–water partition coefficient (Wildman–Crippen LogP) is 2.75. The Balaban J connectivity index is 2.14. The molecular weight excluding hydrogens is 214 g/mol. The minimum atomic E-state index is 0.396. The van der Waals surface area contributed by atoms with Crippen molar-refractivity contribution in [1.29, 1.82) is 0 Å². The van der Waals surface area contributed by atoms with E-state index in [2.05, 4.69) is 28.0 Å². The zero-order valence-electron chi connectivity index (χ0n) is 11.1. The second-order valence-electron chi connectivity index (χ2n) is 4.93. The van der Waals surface area contributed by atoms with Crippen molar-refractivity contribution < 1.29 is 4.74 Å². The average molecular weight is 237 g/mol. The molecular formula is C13H23N3O. The van der Waals surface area contributed by atoms with Gasteiger partial charge in [0.25, 0.3) is 0 Å². The summed E-state index contributed by atoms with van der Waals surface area (Å²) in [6.45, 7) is 5.01. The molecule has 0 saturated heterocycles. The fourth-order valence-electron chi connectivity index (χ4n) is 2.14. The van der Waals surface area contributed by atoms with Gasteiger partial charge in [0.1, 0.15) is 0 Å². The van der Waals surface area contributed by atoms with E-state index in [1.54, 1.807) is 7.11 Å². The first-order valence-electron chi connectivity index (χ1n) is 6.55. The number of hydrogen-bond acceptors (Lipinski definition) is 3. The van der Waals surface area contributed by atoms with E-state index in [1.165, 1.54) is 12.8 Å². The zero-order chi connectivity index (χ0) is 12.3. The summed E-state index contributed by atoms with van der Waals surface area (Å²) in [6.07, 6.45) is 6.96. The number of hydrogen-bond donors (Lipinski definition) is 1. The van der Waals surface area contributed by atoms with Crippen molar-refractivity contribution in [1.82, 2.24) is 9.55 Å². The van der Waals surface area contributed by atoms with Crippen LogP contribution in [-0.2, 0) is 4.74 Å². The molecule has 96 valence electrons. The summed E-state index contributed by atoms with van der Waals surface area (Å²) in [6, 6.07) is 1.04. The second kappa shape index (κ2) is 5.54. The first-order valence-corrected chi connectivity index (χ1v) is 6.55. The Kier molecular flexibility index (Phi) is 4.05. The minimum absolute atomic E-state index is 0.396. The van der Waals surface area contributed by atoms with Gasteiger partial charge in [-0.3, -0.25) is 0 Å². The molecule has 0 spiro atoms. The number of ether oxygens (including phenoxy) is 1. The van der Waals surface area contributed by atoms with Gasteiger partial charge in [-0.1, -0.05) is 13.3 Å². The van der Waals surface area contributed by atoms with E-state index in [9.17, 15) is 0 Å². The Labute approximate surface area is 103 Å². The summed E-state index contributed by atoms with van der Waals surface area (Å²) >= 11 is 0. The van der Waals surface area contributed by atoms with Crippen LogP contribution >= 0.6 is 0 Å². The highest BCUT2D eigenvalue weighted by Crippen LogP contribution is 2.27. The highest BCUT2D eigenvalue weighted by Gasteiger charge is 2.24. The largest absolute Gasteiger partial charge is 0.383 e. The van der Waals surface area contributed by atoms with Crippen LogP contribution in [0, 0.1) is 6.92 Å². The lowest BCUT2D eigenvalue weighted by molar-refractivity contribution is 0.151. The summed E-state index contributed by atoms with van der Waals surface area (Å²) in [4.78, 5) is 4.57. The Morgan fingerprint density at radius 3 is 2.94 bits per heavy atom. The van der Waals surface area contributed by atoms with Crippen LogP contribution in [0.3, 0.4) is 0 Å². The Morgan fingerprint density at radius 1 is 1.59 bits per heavy atom. The lowest BCUT2D eigenvalue weighted by Gasteiger charge is -2.19. The van der Waals surface area contributed by atoms with E-state index >= 15 is 0 Å². The van der Waals surface area contributed by atoms with Crippen LogP contribution in [0.5, 0.6) is 0 Å². The summed E-state index contributed by atoms with van der Waals surface area (Å²) in [5.41, 5.74) is 1.07. The maximum absolute atomic E-state index is 5.32. The number of aromatic nitrogens is 2. The molecule has 1 heterocycles. The highest BCUT2D eigenvalue weighted by molar-refractivity contribution is 5.32. The normalized spacial score (nSPS) is 17.1. The fourth-order valence-corrected chi connectivity index (χ4v) is 2.14. The van der Waals surface area contributed by atoms with E-state index < -0.39 is 0 Å². The van der Waals surface area contributed by atoms with Crippen LogP contribution in [-0.4, -0.2) is 29.3 Å². The molecule has 1 fully saturated rings. The average Bonchev–Trinajstić information content (AvgIpc) is 3.02. The maximum Gasteiger partial charge on any atom is 0.203 e. The molecule has 1 N–H and O–H groups in total. The fraction of sp³-hybridized carbons (Fsp3) is 0.769. The molecule has 0 amide bonds. The lowest BCUT2D eigenvalue weighted by atomic mass is 10.2. The van der Waals surface area contributed by atoms with Crippen LogP contribution in [0.4, 0.5) is 5.95 Å². The Bertz CT molecular complexity index is 352. The number of anilines is 1. The molecule has 0 aliphatic heterocycles. The minimum Gasteiger partial charge on any atom is -0.383 e. The van der Waals surface area contributed by atoms with E-state index in [-0.39, 0.29) is 0 Å². The van der Waals surface area contributed by atoms with Crippen molar-refractivity contribution in [3.05, 3.63) is 11.9 Å². The molecule has 0 radical (unpaired) electrons. The highest BCUT2D eigenvalue weighted by atomic mass is 16.5. The first kappa shape index (κ1) is 12.4. The molecule has 1 aliphatic carbocycles. The summed E-state index contributed by atoms with van der Waals surface area (Å²) in [5.74, 6) is 1.01. The third-order valence-electron chi connectivity index (χ3n) is 3.14. The van der Waals surface area contributed by atoms with E-state index in [0.29, 0.717) is 12.1 Å². The standard InChI is InChI=1S/C13H23N3O/c1-4-5-12(9-17-3)16-8-10(2)14-13(16)15-11-6-7-11/h8,11-12H,4-7,9H2,1-3H3,(H,14,15). The van der Waals surface area contributed by atoms with Crippen molar-refractivity contribution in [2.45, 2.75) is 51.6 Å². The molecule has 1 saturated carbocycles. The van der Waals surface area contributed by atoms with Gasteiger partial charge < -0.3 is 14.6 Å². The van der Waals surface area contributed by atoms with Crippen molar-refractivity contribution in [3.63, 3.8) is 0 Å². The number of nitrogens with zero attached hydrogens (tertiary/aromatic N) is 2. The van der Waals surface area contributed by atoms with E-state index in [1.807, 2.05) is 6.92 Å². The third-order valence-corrected chi connectivity index (χ3v) is 3.14. The molecule has 1 aromatic heterocycles. The number of aryl methyl sites for hydroxylation is 1. The van der Waals surface area contributed by atoms with Gasteiger partial charge in [0.2, 0.25) is 5.95 Å². The molecule has 0 bridgehead atoms. The van der Waals surface area contributed by atoms with E-state index in [0.717, 1.165) is 31.1 Å². The molecule has 4 heteroatoms. The SMILES string of the molecule is CCCC(COC)n1cc(C)nc1NC1CC1. The predicted molar refractivity (Wildman–Crippen MR) is 69.4 cm³/mol. The van der Waals surface area contributed by atoms with Gasteiger partial charge in [-0.25, -0.2) is 4.98 Å². The number of nitrogens with one attached hydrogen (secondary N) is 1. The molecule has 1 atom stereocenters. The molecule has 1 aromatic rings. The smallest absolute Gasteiger partial charge is 0.203 e. The topological polar surface area (TPSA) is 39.1 Å². The van der Waals surface area contributed by atoms with Gasteiger partial charge in [-0.2, -0.15) is 0 Å². The summed E-state index contributed by atoms with van der Waals surface area (Å²) in [7, 11) is 1.76. The Hall–Kier alpha value is -1.03. The number of rotatable bonds is 7. The van der Waals surface area contributed by atoms with Gasteiger partial charge >= 0.3 is 0 Å². The van der Waals surface area contributed by atoms with Crippen LogP contribution in [0.2, 0.25) is 0 Å². The van der Waals surface area contributed by atoms with Crippen molar-refractivity contribution in [2.24, 2.45) is 0 Å². The van der Waals surface area contributed by atoms with Gasteiger partial charge in [0.15, 0.2) is 0 Å². The molecule has 4 nitrogen and oxygen atoms in total. The lowest BCUT2D eigenvalue weighted by Crippen LogP contribution is -2.17. The Morgan fingerprint density at radius 2 is 2.35 bits per heavy atom. The van der Waals surface area contributed by atoms with Gasteiger partial charge in [0, 0.05) is 19.3 Å². The maximum atomic E-state index is 5.32. The van der Waals surface area contributed by atoms with Crippen molar-refractivity contribution >= 4 is 5.95 Å². The monoisotopic (exact) mass is 237 g/mol. The quantitative estimate of drug-likeness (QED) is 0.792. The molecule has 0 aromatic carbocycles. The molecule has 2 rings (SSSR count). The second-order valence-corrected chi connectivity index (χ2v) is 4.93. The summed E-state index contributed by atoms with van der Waals surface area (Å²) in [5, 5.41) is 3.50. The zero-order valence-corrected chi connectivity index (χ0v) is 11.1. The van der Waals surface area contributed by atoms with Crippen LogP contribution in [0.25, 0.3) is 0 Å². The first-order chi connectivity index (χ1) is 8.24. The van der Waals surface area contributed by atoms with Crippen LogP contribution in [0.1, 0.15) is 44.3 Å². The van der Waals surface area contributed by atoms with Gasteiger partial charge in [-0.05, 0) is 26.2 Å². The van der Waals surface area contributed by atoms with Crippen molar-refractivity contribution in [3.8, 4) is 0 Å².